The van der Waals surface area contributed by atoms with Crippen LogP contribution in [-0.4, -0.2) is 70.6 Å². The average molecular weight is 519 g/mol. The summed E-state index contributed by atoms with van der Waals surface area (Å²) >= 11 is 0. The molecule has 1 aromatic carbocycles. The summed E-state index contributed by atoms with van der Waals surface area (Å²) in [6.45, 7) is 7.61. The number of hydrogen-bond donors (Lipinski definition) is 2. The van der Waals surface area contributed by atoms with Gasteiger partial charge in [0.2, 0.25) is 5.95 Å². The van der Waals surface area contributed by atoms with Gasteiger partial charge in [0.25, 0.3) is 0 Å². The Bertz CT molecular complexity index is 1130. The molecular weight excluding hydrogens is 476 g/mol. The molecule has 1 aromatic heterocycles. The van der Waals surface area contributed by atoms with E-state index in [1.165, 1.54) is 44.5 Å². The van der Waals surface area contributed by atoms with Crippen molar-refractivity contribution in [3.8, 4) is 11.1 Å². The van der Waals surface area contributed by atoms with Crippen LogP contribution in [0.4, 0.5) is 17.5 Å². The first-order valence-corrected chi connectivity index (χ1v) is 14.8. The number of ketones is 1. The molecule has 0 spiro atoms. The lowest BCUT2D eigenvalue weighted by Crippen LogP contribution is -2.44. The number of hydrogen-bond acceptors (Lipinski definition) is 8. The van der Waals surface area contributed by atoms with Crippen LogP contribution in [0.1, 0.15) is 82.9 Å². The molecule has 3 fully saturated rings. The van der Waals surface area contributed by atoms with Gasteiger partial charge in [-0.3, -0.25) is 4.79 Å². The summed E-state index contributed by atoms with van der Waals surface area (Å²) in [5.41, 5.74) is 4.07. The Balaban J connectivity index is 1.29. The number of carbonyl (C=O) groups excluding carboxylic acids is 1. The molecule has 2 aromatic rings. The molecule has 1 atom stereocenters. The number of benzene rings is 1. The molecule has 38 heavy (non-hydrogen) atoms. The van der Waals surface area contributed by atoms with Crippen LogP contribution in [0.3, 0.4) is 0 Å². The average Bonchev–Trinajstić information content (AvgIpc) is 3.49. The number of aromatic nitrogens is 2. The second-order valence-corrected chi connectivity index (χ2v) is 11.5. The molecule has 4 heterocycles. The first-order valence-electron chi connectivity index (χ1n) is 14.8. The summed E-state index contributed by atoms with van der Waals surface area (Å²) in [6.07, 6.45) is 11.0. The Morgan fingerprint density at radius 3 is 2.50 bits per heavy atom. The molecule has 2 saturated heterocycles. The lowest BCUT2D eigenvalue weighted by molar-refractivity contribution is -0.120. The number of aliphatic hydroxyl groups excluding tert-OH is 1. The van der Waals surface area contributed by atoms with E-state index in [9.17, 15) is 9.90 Å². The first kappa shape index (κ1) is 25.6. The number of fused-ring (bicyclic) bond motifs is 3. The van der Waals surface area contributed by atoms with Crippen molar-refractivity contribution in [1.29, 1.82) is 0 Å². The van der Waals surface area contributed by atoms with Crippen LogP contribution in [0.2, 0.25) is 0 Å². The Hall–Kier alpha value is -2.71. The van der Waals surface area contributed by atoms with E-state index in [4.69, 9.17) is 4.98 Å². The van der Waals surface area contributed by atoms with Crippen LogP contribution in [0.15, 0.2) is 24.4 Å². The monoisotopic (exact) mass is 518 g/mol. The van der Waals surface area contributed by atoms with Gasteiger partial charge in [-0.1, -0.05) is 19.4 Å². The molecule has 4 aliphatic rings. The molecule has 8 heteroatoms. The topological polar surface area (TPSA) is 84.8 Å². The zero-order valence-corrected chi connectivity index (χ0v) is 22.7. The summed E-state index contributed by atoms with van der Waals surface area (Å²) in [7, 11) is 0. The zero-order valence-electron chi connectivity index (χ0n) is 22.7. The van der Waals surface area contributed by atoms with Crippen LogP contribution in [0.5, 0.6) is 0 Å². The number of Topliss-reactive ketones (excluding diaryl/α,β-unsaturated/α-hetero) is 1. The Morgan fingerprint density at radius 1 is 1.00 bits per heavy atom. The van der Waals surface area contributed by atoms with Crippen LogP contribution in [0, 0.1) is 0 Å². The third-order valence-electron chi connectivity index (χ3n) is 9.09. The van der Waals surface area contributed by atoms with E-state index in [0.717, 1.165) is 67.8 Å². The van der Waals surface area contributed by atoms with E-state index >= 15 is 0 Å². The summed E-state index contributed by atoms with van der Waals surface area (Å²) < 4.78 is 0. The third kappa shape index (κ3) is 5.00. The molecule has 0 bridgehead atoms. The Kier molecular flexibility index (Phi) is 7.52. The first-order chi connectivity index (χ1) is 18.6. The number of carbonyl (C=O) groups is 1. The predicted octanol–water partition coefficient (Wildman–Crippen LogP) is 4.74. The molecule has 1 aliphatic carbocycles. The predicted molar refractivity (Wildman–Crippen MR) is 152 cm³/mol. The highest BCUT2D eigenvalue weighted by Crippen LogP contribution is 2.46. The number of nitrogens with zero attached hydrogens (tertiary/aromatic N) is 5. The van der Waals surface area contributed by atoms with Gasteiger partial charge in [0.1, 0.15) is 11.6 Å². The van der Waals surface area contributed by atoms with Gasteiger partial charge >= 0.3 is 0 Å². The van der Waals surface area contributed by atoms with E-state index in [1.54, 1.807) is 0 Å². The normalized spacial score (nSPS) is 23.0. The molecule has 1 unspecified atom stereocenters. The lowest BCUT2D eigenvalue weighted by Gasteiger charge is -2.43. The zero-order chi connectivity index (χ0) is 26.1. The van der Waals surface area contributed by atoms with Crippen molar-refractivity contribution in [2.75, 3.05) is 47.8 Å². The van der Waals surface area contributed by atoms with E-state index in [-0.39, 0.29) is 6.04 Å². The maximum atomic E-state index is 12.0. The minimum Gasteiger partial charge on any atom is -0.371 e. The van der Waals surface area contributed by atoms with E-state index in [2.05, 4.69) is 50.1 Å². The molecular formula is C30H42N6O2. The number of aliphatic hydroxyl groups is 1. The number of unbranched alkanes of at least 4 members (excludes halogenated alkanes) is 1. The molecule has 204 valence electrons. The number of piperidine rings is 1. The maximum absolute atomic E-state index is 12.0. The van der Waals surface area contributed by atoms with E-state index in [1.807, 2.05) is 6.20 Å². The summed E-state index contributed by atoms with van der Waals surface area (Å²) in [6, 6.07) is 7.33. The second kappa shape index (κ2) is 11.2. The maximum Gasteiger partial charge on any atom is 0.224 e. The van der Waals surface area contributed by atoms with Gasteiger partial charge in [-0.25, -0.2) is 4.98 Å². The van der Waals surface area contributed by atoms with Gasteiger partial charge in [-0.2, -0.15) is 4.98 Å². The fourth-order valence-corrected chi connectivity index (χ4v) is 6.86. The standard InChI is InChI=1S/C30H42N6O2/c1-2-3-14-31-30-32-20-27-25-11-8-23(35-17-12-21(13-18-35)34-15-4-5-16-34)19-26(25)29(38)36(28(27)33-30)22-6-9-24(37)10-7-22/h8,11,19-22,29,38H,2-7,9-10,12-18H2,1H3,(H,31,32,33). The van der Waals surface area contributed by atoms with Crippen LogP contribution >= 0.6 is 0 Å². The van der Waals surface area contributed by atoms with Crippen molar-refractivity contribution < 1.29 is 9.90 Å². The second-order valence-electron chi connectivity index (χ2n) is 11.5. The largest absolute Gasteiger partial charge is 0.371 e. The van der Waals surface area contributed by atoms with Crippen molar-refractivity contribution in [2.24, 2.45) is 0 Å². The minimum absolute atomic E-state index is 0.0767. The number of nitrogens with one attached hydrogen (secondary N) is 1. The molecule has 3 aliphatic heterocycles. The van der Waals surface area contributed by atoms with Gasteiger partial charge in [-0.15, -0.1) is 0 Å². The lowest BCUT2D eigenvalue weighted by atomic mass is 9.88. The van der Waals surface area contributed by atoms with Crippen molar-refractivity contribution in [2.45, 2.75) is 89.4 Å². The molecule has 0 amide bonds. The van der Waals surface area contributed by atoms with Crippen molar-refractivity contribution >= 4 is 23.2 Å². The van der Waals surface area contributed by atoms with Crippen LogP contribution < -0.4 is 15.1 Å². The number of anilines is 3. The van der Waals surface area contributed by atoms with Crippen LogP contribution in [-0.2, 0) is 4.79 Å². The minimum atomic E-state index is -0.795. The number of rotatable bonds is 7. The van der Waals surface area contributed by atoms with Gasteiger partial charge in [0, 0.05) is 67.6 Å². The highest BCUT2D eigenvalue weighted by molar-refractivity contribution is 5.84. The quantitative estimate of drug-likeness (QED) is 0.509. The smallest absolute Gasteiger partial charge is 0.224 e. The molecule has 2 N–H and O–H groups in total. The van der Waals surface area contributed by atoms with Crippen molar-refractivity contribution in [1.82, 2.24) is 14.9 Å². The summed E-state index contributed by atoms with van der Waals surface area (Å²) in [5.74, 6) is 1.69. The molecule has 1 saturated carbocycles. The fourth-order valence-electron chi connectivity index (χ4n) is 6.86. The van der Waals surface area contributed by atoms with Crippen molar-refractivity contribution in [3.05, 3.63) is 30.0 Å². The molecule has 6 rings (SSSR count). The van der Waals surface area contributed by atoms with Gasteiger partial charge in [0.15, 0.2) is 6.23 Å². The van der Waals surface area contributed by atoms with E-state index < -0.39 is 6.23 Å². The SMILES string of the molecule is CCCCNc1ncc2c(n1)N(C1CCC(=O)CC1)C(O)c1cc(N3CCC(N4CCCC4)CC3)ccc1-2. The third-order valence-corrected chi connectivity index (χ3v) is 9.09. The van der Waals surface area contributed by atoms with Crippen molar-refractivity contribution in [3.63, 3.8) is 0 Å². The molecule has 8 nitrogen and oxygen atoms in total. The van der Waals surface area contributed by atoms with E-state index in [0.29, 0.717) is 30.6 Å². The molecule has 0 radical (unpaired) electrons. The highest BCUT2D eigenvalue weighted by atomic mass is 16.3. The van der Waals surface area contributed by atoms with Crippen LogP contribution in [0.25, 0.3) is 11.1 Å². The highest BCUT2D eigenvalue weighted by Gasteiger charge is 2.38. The van der Waals surface area contributed by atoms with Gasteiger partial charge < -0.3 is 25.1 Å². The van der Waals surface area contributed by atoms with Gasteiger partial charge in [0.05, 0.1) is 0 Å². The number of likely N-dealkylation sites (tertiary alicyclic amines) is 1. The van der Waals surface area contributed by atoms with Gasteiger partial charge in [-0.05, 0) is 75.7 Å². The summed E-state index contributed by atoms with van der Waals surface area (Å²) in [4.78, 5) is 28.8. The fraction of sp³-hybridized carbons (Fsp3) is 0.633. The Morgan fingerprint density at radius 2 is 1.76 bits per heavy atom. The Labute approximate surface area is 226 Å². The summed E-state index contributed by atoms with van der Waals surface area (Å²) in [5, 5.41) is 15.2.